The van der Waals surface area contributed by atoms with Crippen molar-refractivity contribution in [2.75, 3.05) is 26.4 Å². The lowest BCUT2D eigenvalue weighted by Gasteiger charge is -2.09. The van der Waals surface area contributed by atoms with Crippen molar-refractivity contribution in [3.63, 3.8) is 0 Å². The first kappa shape index (κ1) is 16.3. The predicted octanol–water partition coefficient (Wildman–Crippen LogP) is 3.15. The Kier molecular flexibility index (Phi) is 6.71. The molecule has 0 bridgehead atoms. The summed E-state index contributed by atoms with van der Waals surface area (Å²) in [7, 11) is 0. The van der Waals surface area contributed by atoms with Crippen LogP contribution in [0.25, 0.3) is 10.8 Å². The van der Waals surface area contributed by atoms with E-state index in [1.165, 1.54) is 0 Å². The molecule has 0 aliphatic carbocycles. The van der Waals surface area contributed by atoms with E-state index in [1.54, 1.807) is 0 Å². The highest BCUT2D eigenvalue weighted by Crippen LogP contribution is 2.25. The fourth-order valence-electron chi connectivity index (χ4n) is 2.23. The number of fused-ring (bicyclic) bond motifs is 1. The average molecular weight is 301 g/mol. The Morgan fingerprint density at radius 3 is 2.77 bits per heavy atom. The molecule has 2 aromatic rings. The highest BCUT2D eigenvalue weighted by atomic mass is 16.5. The number of carbonyl (C=O) groups is 1. The molecule has 0 aliphatic heterocycles. The number of hydrogen-bond donors (Lipinski definition) is 1. The number of carbonyl (C=O) groups excluding carboxylic acids is 1. The van der Waals surface area contributed by atoms with E-state index in [9.17, 15) is 4.79 Å². The molecule has 1 N–H and O–H groups in total. The van der Waals surface area contributed by atoms with E-state index in [4.69, 9.17) is 9.47 Å². The lowest BCUT2D eigenvalue weighted by atomic mass is 10.1. The van der Waals surface area contributed by atoms with Crippen molar-refractivity contribution in [2.45, 2.75) is 19.8 Å². The van der Waals surface area contributed by atoms with Gasteiger partial charge in [-0.3, -0.25) is 4.79 Å². The van der Waals surface area contributed by atoms with Crippen LogP contribution in [0.2, 0.25) is 0 Å². The Balaban J connectivity index is 1.71. The number of ether oxygens (including phenoxy) is 2. The quantitative estimate of drug-likeness (QED) is 0.724. The largest absolute Gasteiger partial charge is 0.493 e. The van der Waals surface area contributed by atoms with Gasteiger partial charge in [-0.1, -0.05) is 36.4 Å². The smallest absolute Gasteiger partial charge is 0.220 e. The van der Waals surface area contributed by atoms with Crippen LogP contribution in [0.1, 0.15) is 19.8 Å². The van der Waals surface area contributed by atoms with Crippen molar-refractivity contribution in [1.82, 2.24) is 5.32 Å². The van der Waals surface area contributed by atoms with Crippen LogP contribution in [-0.2, 0) is 9.53 Å². The maximum absolute atomic E-state index is 11.6. The van der Waals surface area contributed by atoms with Crippen molar-refractivity contribution in [3.8, 4) is 5.75 Å². The van der Waals surface area contributed by atoms with E-state index in [2.05, 4.69) is 17.4 Å². The minimum absolute atomic E-state index is 0.0428. The predicted molar refractivity (Wildman–Crippen MR) is 88.2 cm³/mol. The third-order valence-electron chi connectivity index (χ3n) is 3.33. The molecule has 2 rings (SSSR count). The monoisotopic (exact) mass is 301 g/mol. The molecule has 0 spiro atoms. The molecule has 0 aliphatic rings. The minimum atomic E-state index is 0.0428. The highest BCUT2D eigenvalue weighted by molar-refractivity contribution is 5.88. The fourth-order valence-corrected chi connectivity index (χ4v) is 2.23. The number of amides is 1. The van der Waals surface area contributed by atoms with Gasteiger partial charge in [0.15, 0.2) is 0 Å². The number of hydrogen-bond acceptors (Lipinski definition) is 3. The molecule has 0 unspecified atom stereocenters. The average Bonchev–Trinajstić information content (AvgIpc) is 2.56. The van der Waals surface area contributed by atoms with Crippen molar-refractivity contribution >= 4 is 16.7 Å². The molecule has 0 radical (unpaired) electrons. The van der Waals surface area contributed by atoms with Gasteiger partial charge in [-0.05, 0) is 24.8 Å². The Bertz CT molecular complexity index is 592. The Morgan fingerprint density at radius 1 is 1.09 bits per heavy atom. The first-order valence-corrected chi connectivity index (χ1v) is 7.76. The second kappa shape index (κ2) is 9.05. The van der Waals surface area contributed by atoms with E-state index >= 15 is 0 Å². The van der Waals surface area contributed by atoms with Gasteiger partial charge >= 0.3 is 0 Å². The number of nitrogens with one attached hydrogen (secondary N) is 1. The Labute approximate surface area is 131 Å². The molecular weight excluding hydrogens is 278 g/mol. The van der Waals surface area contributed by atoms with Crippen molar-refractivity contribution in [1.29, 1.82) is 0 Å². The topological polar surface area (TPSA) is 47.6 Å². The molecule has 0 aromatic heterocycles. The Hall–Kier alpha value is -2.07. The summed E-state index contributed by atoms with van der Waals surface area (Å²) in [5.74, 6) is 0.913. The SMILES string of the molecule is CCOCCNC(=O)CCCOc1cccc2ccccc12. The summed E-state index contributed by atoms with van der Waals surface area (Å²) in [6.45, 7) is 4.28. The lowest BCUT2D eigenvalue weighted by molar-refractivity contribution is -0.121. The highest BCUT2D eigenvalue weighted by Gasteiger charge is 2.03. The van der Waals surface area contributed by atoms with E-state index in [1.807, 2.05) is 37.3 Å². The molecule has 2 aromatic carbocycles. The third kappa shape index (κ3) is 5.04. The summed E-state index contributed by atoms with van der Waals surface area (Å²) in [5, 5.41) is 5.09. The second-order valence-corrected chi connectivity index (χ2v) is 4.98. The summed E-state index contributed by atoms with van der Waals surface area (Å²) >= 11 is 0. The van der Waals surface area contributed by atoms with Crippen LogP contribution in [0, 0.1) is 0 Å². The zero-order valence-corrected chi connectivity index (χ0v) is 13.0. The van der Waals surface area contributed by atoms with E-state index in [-0.39, 0.29) is 5.91 Å². The summed E-state index contributed by atoms with van der Waals surface area (Å²) in [4.78, 5) is 11.6. The zero-order chi connectivity index (χ0) is 15.6. The summed E-state index contributed by atoms with van der Waals surface area (Å²) in [6, 6.07) is 14.1. The van der Waals surface area contributed by atoms with Crippen LogP contribution >= 0.6 is 0 Å². The molecule has 1 amide bonds. The molecular formula is C18H23NO3. The van der Waals surface area contributed by atoms with Gasteiger partial charge in [0.25, 0.3) is 0 Å². The van der Waals surface area contributed by atoms with Crippen LogP contribution < -0.4 is 10.1 Å². The second-order valence-electron chi connectivity index (χ2n) is 4.98. The van der Waals surface area contributed by atoms with Crippen LogP contribution in [-0.4, -0.2) is 32.3 Å². The van der Waals surface area contributed by atoms with Gasteiger partial charge in [-0.2, -0.15) is 0 Å². The van der Waals surface area contributed by atoms with Crippen LogP contribution in [0.15, 0.2) is 42.5 Å². The normalized spacial score (nSPS) is 10.6. The molecule has 4 heteroatoms. The summed E-state index contributed by atoms with van der Waals surface area (Å²) < 4.78 is 11.0. The van der Waals surface area contributed by atoms with Crippen molar-refractivity contribution in [3.05, 3.63) is 42.5 Å². The van der Waals surface area contributed by atoms with Gasteiger partial charge in [0.1, 0.15) is 5.75 Å². The Morgan fingerprint density at radius 2 is 1.91 bits per heavy atom. The molecule has 0 atom stereocenters. The molecule has 0 saturated carbocycles. The summed E-state index contributed by atoms with van der Waals surface area (Å²) in [6.07, 6.45) is 1.17. The standard InChI is InChI=1S/C18H23NO3/c1-2-21-14-12-19-18(20)11-6-13-22-17-10-5-8-15-7-3-4-9-16(15)17/h3-5,7-10H,2,6,11-14H2,1H3,(H,19,20). The van der Waals surface area contributed by atoms with Gasteiger partial charge in [0.05, 0.1) is 13.2 Å². The summed E-state index contributed by atoms with van der Waals surface area (Å²) in [5.41, 5.74) is 0. The van der Waals surface area contributed by atoms with Crippen LogP contribution in [0.3, 0.4) is 0 Å². The molecule has 4 nitrogen and oxygen atoms in total. The molecule has 22 heavy (non-hydrogen) atoms. The maximum atomic E-state index is 11.6. The first-order chi connectivity index (χ1) is 10.8. The first-order valence-electron chi connectivity index (χ1n) is 7.76. The minimum Gasteiger partial charge on any atom is -0.493 e. The third-order valence-corrected chi connectivity index (χ3v) is 3.33. The van der Waals surface area contributed by atoms with E-state index < -0.39 is 0 Å². The number of rotatable bonds is 9. The van der Waals surface area contributed by atoms with Gasteiger partial charge in [-0.15, -0.1) is 0 Å². The van der Waals surface area contributed by atoms with E-state index in [0.717, 1.165) is 16.5 Å². The fraction of sp³-hybridized carbons (Fsp3) is 0.389. The van der Waals surface area contributed by atoms with Gasteiger partial charge in [0, 0.05) is 25.0 Å². The zero-order valence-electron chi connectivity index (χ0n) is 13.0. The van der Waals surface area contributed by atoms with Crippen LogP contribution in [0.4, 0.5) is 0 Å². The van der Waals surface area contributed by atoms with Crippen molar-refractivity contribution in [2.24, 2.45) is 0 Å². The van der Waals surface area contributed by atoms with Gasteiger partial charge < -0.3 is 14.8 Å². The van der Waals surface area contributed by atoms with Crippen molar-refractivity contribution < 1.29 is 14.3 Å². The van der Waals surface area contributed by atoms with Crippen LogP contribution in [0.5, 0.6) is 5.75 Å². The molecule has 0 heterocycles. The maximum Gasteiger partial charge on any atom is 0.220 e. The number of benzene rings is 2. The molecule has 0 saturated heterocycles. The lowest BCUT2D eigenvalue weighted by Crippen LogP contribution is -2.27. The van der Waals surface area contributed by atoms with E-state index in [0.29, 0.717) is 39.2 Å². The molecule has 0 fully saturated rings. The van der Waals surface area contributed by atoms with Gasteiger partial charge in [-0.25, -0.2) is 0 Å². The van der Waals surface area contributed by atoms with Gasteiger partial charge in [0.2, 0.25) is 5.91 Å². The molecule has 118 valence electrons.